The fourth-order valence-electron chi connectivity index (χ4n) is 5.78. The molecule has 0 unspecified atom stereocenters. The molecule has 0 bridgehead atoms. The molecule has 6 nitrogen and oxygen atoms in total. The fourth-order valence-corrected chi connectivity index (χ4v) is 5.78. The van der Waals surface area contributed by atoms with Crippen LogP contribution in [-0.2, 0) is 25.8 Å². The van der Waals surface area contributed by atoms with Gasteiger partial charge in [0.1, 0.15) is 11.5 Å². The van der Waals surface area contributed by atoms with E-state index in [0.29, 0.717) is 11.5 Å². The van der Waals surface area contributed by atoms with Crippen LogP contribution >= 0.6 is 0 Å². The van der Waals surface area contributed by atoms with E-state index in [1.807, 2.05) is 24.3 Å². The Morgan fingerprint density at radius 1 is 0.742 bits per heavy atom. The van der Waals surface area contributed by atoms with E-state index in [1.54, 1.807) is 0 Å². The summed E-state index contributed by atoms with van der Waals surface area (Å²) in [5.74, 6) is -0.934. The van der Waals surface area contributed by atoms with Gasteiger partial charge in [-0.15, -0.1) is 0 Å². The zero-order valence-corrected chi connectivity index (χ0v) is 18.3. The summed E-state index contributed by atoms with van der Waals surface area (Å²) in [7, 11) is 0. The minimum absolute atomic E-state index is 0.0731. The van der Waals surface area contributed by atoms with Crippen LogP contribution in [0.15, 0.2) is 36.4 Å². The van der Waals surface area contributed by atoms with Crippen LogP contribution in [0.25, 0.3) is 0 Å². The molecule has 1 spiro atoms. The van der Waals surface area contributed by atoms with E-state index in [1.165, 1.54) is 11.1 Å². The first-order valence-corrected chi connectivity index (χ1v) is 10.4. The normalized spacial score (nSPS) is 19.0. The molecule has 0 amide bonds. The molecule has 2 aliphatic carbocycles. The second-order valence-electron chi connectivity index (χ2n) is 9.98. The Bertz CT molecular complexity index is 980. The molecule has 4 rings (SSSR count). The van der Waals surface area contributed by atoms with Crippen molar-refractivity contribution in [2.75, 3.05) is 13.2 Å². The molecule has 0 saturated carbocycles. The molecule has 2 aromatic rings. The first-order valence-electron chi connectivity index (χ1n) is 10.4. The minimum atomic E-state index is -1.01. The van der Waals surface area contributed by atoms with Crippen LogP contribution in [0.4, 0.5) is 0 Å². The topological polar surface area (TPSA) is 93.1 Å². The van der Waals surface area contributed by atoms with Crippen LogP contribution in [0.3, 0.4) is 0 Å². The number of benzene rings is 2. The van der Waals surface area contributed by atoms with E-state index in [4.69, 9.17) is 19.7 Å². The molecule has 0 heterocycles. The summed E-state index contributed by atoms with van der Waals surface area (Å²) in [6.07, 6.45) is 1.80. The molecule has 0 saturated heterocycles. The Hall–Kier alpha value is -3.02. The summed E-state index contributed by atoms with van der Waals surface area (Å²) in [5.41, 5.74) is 4.35. The van der Waals surface area contributed by atoms with E-state index in [0.717, 1.165) is 24.0 Å². The van der Waals surface area contributed by atoms with Gasteiger partial charge < -0.3 is 19.7 Å². The van der Waals surface area contributed by atoms with Crippen LogP contribution in [0.5, 0.6) is 11.5 Å². The van der Waals surface area contributed by atoms with Crippen molar-refractivity contribution in [3.8, 4) is 11.5 Å². The van der Waals surface area contributed by atoms with Gasteiger partial charge in [0.25, 0.3) is 0 Å². The highest BCUT2D eigenvalue weighted by molar-refractivity contribution is 5.69. The third kappa shape index (κ3) is 3.54. The van der Waals surface area contributed by atoms with E-state index in [9.17, 15) is 9.59 Å². The van der Waals surface area contributed by atoms with Gasteiger partial charge in [0.2, 0.25) is 0 Å². The molecule has 2 aromatic carbocycles. The molecule has 164 valence electrons. The van der Waals surface area contributed by atoms with Crippen LogP contribution in [-0.4, -0.2) is 35.4 Å². The van der Waals surface area contributed by atoms with E-state index < -0.39 is 11.9 Å². The number of carboxylic acids is 2. The summed E-state index contributed by atoms with van der Waals surface area (Å²) >= 11 is 0. The van der Waals surface area contributed by atoms with Gasteiger partial charge in [-0.3, -0.25) is 0 Å². The fraction of sp³-hybridized carbons (Fsp3) is 0.440. The number of carbonyl (C=O) groups is 2. The monoisotopic (exact) mass is 424 g/mol. The molecular weight excluding hydrogens is 396 g/mol. The van der Waals surface area contributed by atoms with E-state index >= 15 is 0 Å². The number of hydrogen-bond donors (Lipinski definition) is 2. The largest absolute Gasteiger partial charge is 0.482 e. The highest BCUT2D eigenvalue weighted by atomic mass is 16.5. The van der Waals surface area contributed by atoms with Crippen molar-refractivity contribution in [2.24, 2.45) is 0 Å². The Morgan fingerprint density at radius 2 is 1.13 bits per heavy atom. The van der Waals surface area contributed by atoms with Crippen LogP contribution in [0, 0.1) is 0 Å². The van der Waals surface area contributed by atoms with Gasteiger partial charge in [-0.2, -0.15) is 0 Å². The summed E-state index contributed by atoms with van der Waals surface area (Å²) < 4.78 is 11.0. The predicted octanol–water partition coefficient (Wildman–Crippen LogP) is 4.26. The van der Waals surface area contributed by atoms with Crippen molar-refractivity contribution in [1.29, 1.82) is 0 Å². The Morgan fingerprint density at radius 3 is 1.48 bits per heavy atom. The maximum atomic E-state index is 11.0. The third-order valence-corrected chi connectivity index (χ3v) is 6.68. The SMILES string of the molecule is CC1(C)CC2(CC(C)(C)c3ccc(OCC(=O)O)cc32)c2cc(OCC(=O)O)ccc21. The number of carboxylic acid groups (broad SMARTS) is 2. The average molecular weight is 424 g/mol. The maximum absolute atomic E-state index is 11.0. The molecule has 0 aromatic heterocycles. The van der Waals surface area contributed by atoms with Crippen molar-refractivity contribution in [3.05, 3.63) is 58.7 Å². The van der Waals surface area contributed by atoms with E-state index in [-0.39, 0.29) is 29.5 Å². The molecule has 2 N–H and O–H groups in total. The summed E-state index contributed by atoms with van der Waals surface area (Å²) in [4.78, 5) is 21.9. The second kappa shape index (κ2) is 7.01. The maximum Gasteiger partial charge on any atom is 0.341 e. The molecule has 0 radical (unpaired) electrons. The quantitative estimate of drug-likeness (QED) is 0.720. The van der Waals surface area contributed by atoms with Gasteiger partial charge in [0.05, 0.1) is 0 Å². The minimum Gasteiger partial charge on any atom is -0.482 e. The first kappa shape index (κ1) is 21.2. The van der Waals surface area contributed by atoms with Crippen LogP contribution < -0.4 is 9.47 Å². The lowest BCUT2D eigenvalue weighted by Crippen LogP contribution is -2.27. The highest BCUT2D eigenvalue weighted by Crippen LogP contribution is 2.63. The van der Waals surface area contributed by atoms with Crippen molar-refractivity contribution < 1.29 is 29.3 Å². The van der Waals surface area contributed by atoms with Crippen molar-refractivity contribution in [2.45, 2.75) is 56.8 Å². The Balaban J connectivity index is 1.85. The van der Waals surface area contributed by atoms with Gasteiger partial charge >= 0.3 is 11.9 Å². The molecule has 31 heavy (non-hydrogen) atoms. The number of rotatable bonds is 6. The van der Waals surface area contributed by atoms with Crippen molar-refractivity contribution in [1.82, 2.24) is 0 Å². The van der Waals surface area contributed by atoms with Gasteiger partial charge in [-0.1, -0.05) is 39.8 Å². The highest BCUT2D eigenvalue weighted by Gasteiger charge is 2.56. The zero-order chi connectivity index (χ0) is 22.6. The second-order valence-corrected chi connectivity index (χ2v) is 9.98. The average Bonchev–Trinajstić information content (AvgIpc) is 3.04. The lowest BCUT2D eigenvalue weighted by atomic mass is 9.72. The molecule has 0 atom stereocenters. The molecule has 6 heteroatoms. The van der Waals surface area contributed by atoms with Gasteiger partial charge in [-0.25, -0.2) is 9.59 Å². The Kier molecular flexibility index (Phi) is 4.80. The van der Waals surface area contributed by atoms with Gasteiger partial charge in [0, 0.05) is 5.41 Å². The summed E-state index contributed by atoms with van der Waals surface area (Å²) in [6.45, 7) is 8.15. The number of fused-ring (bicyclic) bond motifs is 4. The smallest absolute Gasteiger partial charge is 0.341 e. The standard InChI is InChI=1S/C25H28O6/c1-23(2)13-25(19-9-15(5-7-17(19)23)30-11-21(26)27)14-24(3,4)18-8-6-16(10-20(18)25)31-12-22(28)29/h5-10H,11-14H2,1-4H3,(H,26,27)(H,28,29). The Labute approximate surface area is 181 Å². The molecular formula is C25H28O6. The lowest BCUT2D eigenvalue weighted by molar-refractivity contribution is -0.140. The predicted molar refractivity (Wildman–Crippen MR) is 115 cm³/mol. The molecule has 0 fully saturated rings. The third-order valence-electron chi connectivity index (χ3n) is 6.68. The van der Waals surface area contributed by atoms with Gasteiger partial charge in [-0.05, 0) is 70.2 Å². The number of aliphatic carboxylic acids is 2. The number of ether oxygens (including phenoxy) is 2. The lowest BCUT2D eigenvalue weighted by Gasteiger charge is -2.30. The summed E-state index contributed by atoms with van der Waals surface area (Å²) in [6, 6.07) is 11.8. The molecule has 0 aliphatic heterocycles. The summed E-state index contributed by atoms with van der Waals surface area (Å²) in [5, 5.41) is 18.0. The van der Waals surface area contributed by atoms with Gasteiger partial charge in [0.15, 0.2) is 13.2 Å². The molecule has 2 aliphatic rings. The first-order chi connectivity index (χ1) is 14.4. The van der Waals surface area contributed by atoms with Crippen LogP contribution in [0.1, 0.15) is 62.8 Å². The van der Waals surface area contributed by atoms with Crippen LogP contribution in [0.2, 0.25) is 0 Å². The van der Waals surface area contributed by atoms with E-state index in [2.05, 4.69) is 39.8 Å². The zero-order valence-electron chi connectivity index (χ0n) is 18.3. The number of hydrogen-bond acceptors (Lipinski definition) is 4. The van der Waals surface area contributed by atoms with Crippen molar-refractivity contribution in [3.63, 3.8) is 0 Å². The van der Waals surface area contributed by atoms with Crippen molar-refractivity contribution >= 4 is 11.9 Å².